The van der Waals surface area contributed by atoms with Gasteiger partial charge in [0.1, 0.15) is 0 Å². The van der Waals surface area contributed by atoms with Crippen LogP contribution in [0.4, 0.5) is 0 Å². The minimum atomic E-state index is -0.0687. The van der Waals surface area contributed by atoms with E-state index in [1.54, 1.807) is 14.2 Å². The van der Waals surface area contributed by atoms with Crippen LogP contribution in [0.25, 0.3) is 0 Å². The molecule has 2 heterocycles. The zero-order valence-electron chi connectivity index (χ0n) is 20.3. The number of nitrogens with one attached hydrogen (secondary N) is 1. The minimum absolute atomic E-state index is 0.0687. The first-order valence-electron chi connectivity index (χ1n) is 12.3. The van der Waals surface area contributed by atoms with Gasteiger partial charge in [-0.3, -0.25) is 15.2 Å². The summed E-state index contributed by atoms with van der Waals surface area (Å²) in [5, 5.41) is 2.00. The first-order valence-corrected chi connectivity index (χ1v) is 12.3. The van der Waals surface area contributed by atoms with Gasteiger partial charge in [-0.1, -0.05) is 25.0 Å². The molecular formula is C27H34N4O3. The summed E-state index contributed by atoms with van der Waals surface area (Å²) in [7, 11) is 5.46. The Kier molecular flexibility index (Phi) is 6.57. The van der Waals surface area contributed by atoms with Crippen molar-refractivity contribution in [2.24, 2.45) is 4.99 Å². The molecule has 0 bridgehead atoms. The monoisotopic (exact) mass is 462 g/mol. The number of carbonyl (C=O) groups excluding carboxylic acids is 1. The van der Waals surface area contributed by atoms with Gasteiger partial charge in [-0.15, -0.1) is 0 Å². The maximum atomic E-state index is 12.8. The average Bonchev–Trinajstić information content (AvgIpc) is 2.88. The maximum absolute atomic E-state index is 12.8. The van der Waals surface area contributed by atoms with E-state index in [2.05, 4.69) is 29.5 Å². The lowest BCUT2D eigenvalue weighted by Crippen LogP contribution is -2.52. The van der Waals surface area contributed by atoms with Gasteiger partial charge in [-0.25, -0.2) is 5.01 Å². The molecule has 0 spiro atoms. The Hall–Kier alpha value is -2.90. The maximum Gasteiger partial charge on any atom is 0.265 e. The van der Waals surface area contributed by atoms with Crippen LogP contribution in [-0.2, 0) is 0 Å². The zero-order valence-corrected chi connectivity index (χ0v) is 20.3. The topological polar surface area (TPSA) is 66.4 Å². The second-order valence-corrected chi connectivity index (χ2v) is 9.54. The number of carbonyl (C=O) groups is 1. The van der Waals surface area contributed by atoms with Crippen molar-refractivity contribution < 1.29 is 14.3 Å². The largest absolute Gasteiger partial charge is 0.493 e. The molecule has 2 atom stereocenters. The van der Waals surface area contributed by atoms with Crippen LogP contribution in [-0.4, -0.2) is 75.0 Å². The molecule has 2 aromatic rings. The Balaban J connectivity index is 1.43. The number of hydrazine groups is 1. The summed E-state index contributed by atoms with van der Waals surface area (Å²) < 4.78 is 11.2. The van der Waals surface area contributed by atoms with Crippen LogP contribution < -0.4 is 14.9 Å². The van der Waals surface area contributed by atoms with E-state index >= 15 is 0 Å². The van der Waals surface area contributed by atoms with Crippen molar-refractivity contribution in [3.63, 3.8) is 0 Å². The Morgan fingerprint density at radius 3 is 2.35 bits per heavy atom. The fourth-order valence-corrected chi connectivity index (χ4v) is 5.41. The predicted molar refractivity (Wildman–Crippen MR) is 133 cm³/mol. The molecule has 0 radical (unpaired) electrons. The van der Waals surface area contributed by atoms with Crippen LogP contribution in [0.1, 0.15) is 58.6 Å². The molecule has 34 heavy (non-hydrogen) atoms. The van der Waals surface area contributed by atoms with Gasteiger partial charge >= 0.3 is 0 Å². The van der Waals surface area contributed by atoms with Gasteiger partial charge in [-0.05, 0) is 49.7 Å². The van der Waals surface area contributed by atoms with Crippen LogP contribution in [0.15, 0.2) is 41.4 Å². The number of aliphatic imine (C=N–C) groups is 1. The Morgan fingerprint density at radius 2 is 1.65 bits per heavy atom. The fourth-order valence-electron chi connectivity index (χ4n) is 5.41. The summed E-state index contributed by atoms with van der Waals surface area (Å²) >= 11 is 0. The summed E-state index contributed by atoms with van der Waals surface area (Å²) in [6, 6.07) is 12.3. The molecular weight excluding hydrogens is 428 g/mol. The average molecular weight is 463 g/mol. The number of fused-ring (bicyclic) bond motifs is 3. The molecule has 1 saturated heterocycles. The Morgan fingerprint density at radius 1 is 0.971 bits per heavy atom. The number of rotatable bonds is 5. The number of hydrogen-bond donors (Lipinski definition) is 1. The Bertz CT molecular complexity index is 1070. The van der Waals surface area contributed by atoms with Crippen molar-refractivity contribution in [3.8, 4) is 11.5 Å². The molecule has 180 valence electrons. The van der Waals surface area contributed by atoms with Gasteiger partial charge in [0.25, 0.3) is 5.91 Å². The number of ether oxygens (including phenoxy) is 2. The van der Waals surface area contributed by atoms with Crippen molar-refractivity contribution in [3.05, 3.63) is 58.7 Å². The van der Waals surface area contributed by atoms with Crippen LogP contribution >= 0.6 is 0 Å². The van der Waals surface area contributed by atoms with Crippen LogP contribution in [0.5, 0.6) is 11.5 Å². The van der Waals surface area contributed by atoms with Gasteiger partial charge in [0.2, 0.25) is 0 Å². The summed E-state index contributed by atoms with van der Waals surface area (Å²) in [4.78, 5) is 20.3. The summed E-state index contributed by atoms with van der Waals surface area (Å²) in [5.74, 6) is 1.83. The molecule has 1 N–H and O–H groups in total. The summed E-state index contributed by atoms with van der Waals surface area (Å²) in [6.07, 6.45) is 4.70. The highest BCUT2D eigenvalue weighted by molar-refractivity contribution is 6.15. The summed E-state index contributed by atoms with van der Waals surface area (Å²) in [5.41, 5.74) is 8.10. The van der Waals surface area contributed by atoms with E-state index in [4.69, 9.17) is 14.5 Å². The van der Waals surface area contributed by atoms with Gasteiger partial charge in [-0.2, -0.15) is 0 Å². The third kappa shape index (κ3) is 4.42. The molecule has 7 nitrogen and oxygen atoms in total. The predicted octanol–water partition coefficient (Wildman–Crippen LogP) is 3.47. The Labute approximate surface area is 201 Å². The first kappa shape index (κ1) is 22.9. The number of hydrogen-bond acceptors (Lipinski definition) is 6. The number of nitrogens with zero attached hydrogens (tertiary/aromatic N) is 3. The van der Waals surface area contributed by atoms with Crippen molar-refractivity contribution >= 4 is 11.6 Å². The van der Waals surface area contributed by atoms with Gasteiger partial charge in [0, 0.05) is 48.8 Å². The van der Waals surface area contributed by atoms with E-state index in [0.717, 1.165) is 61.6 Å². The van der Waals surface area contributed by atoms with Crippen LogP contribution in [0.3, 0.4) is 0 Å². The third-order valence-corrected chi connectivity index (χ3v) is 7.42. The lowest BCUT2D eigenvalue weighted by molar-refractivity contribution is 0.0662. The van der Waals surface area contributed by atoms with Gasteiger partial charge in [0.05, 0.1) is 26.0 Å². The van der Waals surface area contributed by atoms with Crippen molar-refractivity contribution in [2.45, 2.75) is 37.6 Å². The number of piperazine rings is 1. The molecule has 0 aromatic heterocycles. The molecule has 1 amide bonds. The van der Waals surface area contributed by atoms with E-state index in [0.29, 0.717) is 17.2 Å². The molecule has 3 aliphatic rings. The normalized spacial score (nSPS) is 22.9. The molecule has 5 rings (SSSR count). The van der Waals surface area contributed by atoms with Crippen molar-refractivity contribution in [2.75, 3.05) is 47.4 Å². The van der Waals surface area contributed by atoms with Gasteiger partial charge in [0.15, 0.2) is 11.5 Å². The smallest absolute Gasteiger partial charge is 0.265 e. The van der Waals surface area contributed by atoms with E-state index < -0.39 is 0 Å². The van der Waals surface area contributed by atoms with Crippen LogP contribution in [0, 0.1) is 0 Å². The second kappa shape index (κ2) is 9.76. The first-order chi connectivity index (χ1) is 16.6. The molecule has 2 aromatic carbocycles. The van der Waals surface area contributed by atoms with E-state index in [1.165, 1.54) is 18.4 Å². The molecule has 2 aliphatic heterocycles. The fraction of sp³-hybridized carbons (Fsp3) is 0.481. The number of amides is 1. The molecule has 7 heteroatoms. The minimum Gasteiger partial charge on any atom is -0.493 e. The summed E-state index contributed by atoms with van der Waals surface area (Å²) in [6.45, 7) is 3.58. The molecule has 1 saturated carbocycles. The van der Waals surface area contributed by atoms with E-state index in [1.807, 2.05) is 29.3 Å². The van der Waals surface area contributed by atoms with E-state index in [9.17, 15) is 4.79 Å². The lowest BCUT2D eigenvalue weighted by atomic mass is 9.75. The standard InChI is InChI=1S/C27H34N4O3/c1-30-12-14-31(15-13-30)29-27(32)19-10-8-18(9-11-19)26-22-17-25(34-3)24(33-2)16-21(22)20-6-4-5-7-23(20)28-26/h8-11,16-17,20,23H,4-7,12-15H2,1-3H3,(H,29,32)/t20-,23-/m1/s1. The highest BCUT2D eigenvalue weighted by Gasteiger charge is 2.34. The third-order valence-electron chi connectivity index (χ3n) is 7.42. The zero-order chi connectivity index (χ0) is 23.7. The van der Waals surface area contributed by atoms with Gasteiger partial charge < -0.3 is 14.4 Å². The van der Waals surface area contributed by atoms with Crippen LogP contribution in [0.2, 0.25) is 0 Å². The van der Waals surface area contributed by atoms with Crippen molar-refractivity contribution in [1.29, 1.82) is 0 Å². The molecule has 0 unspecified atom stereocenters. The highest BCUT2D eigenvalue weighted by Crippen LogP contribution is 2.44. The number of likely N-dealkylation sites (N-methyl/N-ethyl adjacent to an activating group) is 1. The van der Waals surface area contributed by atoms with E-state index in [-0.39, 0.29) is 11.9 Å². The lowest BCUT2D eigenvalue weighted by Gasteiger charge is -2.35. The molecule has 1 aliphatic carbocycles. The highest BCUT2D eigenvalue weighted by atomic mass is 16.5. The number of benzene rings is 2. The quantitative estimate of drug-likeness (QED) is 0.737. The second-order valence-electron chi connectivity index (χ2n) is 9.54. The van der Waals surface area contributed by atoms with Crippen molar-refractivity contribution in [1.82, 2.24) is 15.3 Å². The molecule has 2 fully saturated rings. The SMILES string of the molecule is COc1cc2c(cc1OC)[C@H]1CCCC[C@H]1N=C2c1ccc(C(=O)NN2CCN(C)CC2)cc1. The number of methoxy groups -OCH3 is 2.